The summed E-state index contributed by atoms with van der Waals surface area (Å²) in [4.78, 5) is 13.3. The van der Waals surface area contributed by atoms with Gasteiger partial charge < -0.3 is 14.1 Å². The van der Waals surface area contributed by atoms with Gasteiger partial charge in [0.1, 0.15) is 5.60 Å². The van der Waals surface area contributed by atoms with Gasteiger partial charge in [0, 0.05) is 19.5 Å². The van der Waals surface area contributed by atoms with E-state index in [1.165, 1.54) is 0 Å². The third kappa shape index (κ3) is 3.95. The fourth-order valence-electron chi connectivity index (χ4n) is 1.33. The molecule has 1 heterocycles. The Labute approximate surface area is 93.8 Å². The molecule has 0 fully saturated rings. The van der Waals surface area contributed by atoms with Crippen molar-refractivity contribution in [3.63, 3.8) is 0 Å². The minimum atomic E-state index is -0.421. The summed E-state index contributed by atoms with van der Waals surface area (Å²) in [7, 11) is 0.710. The molecule has 0 atom stereocenters. The molecule has 0 saturated carbocycles. The lowest BCUT2D eigenvalue weighted by Gasteiger charge is -2.29. The zero-order valence-electron chi connectivity index (χ0n) is 9.87. The van der Waals surface area contributed by atoms with Crippen molar-refractivity contribution in [2.75, 3.05) is 13.1 Å². The van der Waals surface area contributed by atoms with Gasteiger partial charge in [0.05, 0.1) is 5.76 Å². The van der Waals surface area contributed by atoms with E-state index in [9.17, 15) is 4.79 Å². The van der Waals surface area contributed by atoms with E-state index < -0.39 is 5.60 Å². The number of carbonyl (C=O) groups excluding carboxylic acids is 1. The van der Waals surface area contributed by atoms with Crippen LogP contribution in [0.25, 0.3) is 0 Å². The second-order valence-electron chi connectivity index (χ2n) is 4.55. The van der Waals surface area contributed by atoms with Crippen LogP contribution in [0.1, 0.15) is 27.2 Å². The van der Waals surface area contributed by atoms with Gasteiger partial charge in [-0.25, -0.2) is 4.79 Å². The smallest absolute Gasteiger partial charge is 0.410 e. The first-order valence-corrected chi connectivity index (χ1v) is 5.95. The van der Waals surface area contributed by atoms with Crippen molar-refractivity contribution in [2.45, 2.75) is 32.8 Å². The quantitative estimate of drug-likeness (QED) is 0.625. The summed E-state index contributed by atoms with van der Waals surface area (Å²) in [5.74, 6) is 1.00. The van der Waals surface area contributed by atoms with E-state index in [4.69, 9.17) is 9.16 Å². The van der Waals surface area contributed by atoms with Gasteiger partial charge in [-0.15, -0.1) is 0 Å². The van der Waals surface area contributed by atoms with Crippen molar-refractivity contribution < 1.29 is 14.0 Å². The van der Waals surface area contributed by atoms with Gasteiger partial charge in [-0.1, -0.05) is 0 Å². The van der Waals surface area contributed by atoms with Crippen LogP contribution in [-0.4, -0.2) is 40.2 Å². The zero-order chi connectivity index (χ0) is 11.5. The molecule has 4 nitrogen and oxygen atoms in total. The lowest BCUT2D eigenvalue weighted by Crippen LogP contribution is -2.39. The Kier molecular flexibility index (Phi) is 3.79. The van der Waals surface area contributed by atoms with E-state index in [-0.39, 0.29) is 6.09 Å². The van der Waals surface area contributed by atoms with Crippen LogP contribution >= 0.6 is 0 Å². The molecule has 0 bridgehead atoms. The topological polar surface area (TPSA) is 38.8 Å². The van der Waals surface area contributed by atoms with E-state index in [1.807, 2.05) is 26.8 Å². The van der Waals surface area contributed by atoms with E-state index in [2.05, 4.69) is 0 Å². The summed E-state index contributed by atoms with van der Waals surface area (Å²) < 4.78 is 10.5. The van der Waals surface area contributed by atoms with Crippen molar-refractivity contribution in [3.05, 3.63) is 11.8 Å². The normalized spacial score (nSPS) is 17.3. The molecule has 1 aliphatic heterocycles. The number of carbonyl (C=O) groups is 1. The third-order valence-corrected chi connectivity index (χ3v) is 2.61. The first-order chi connectivity index (χ1) is 6.92. The highest BCUT2D eigenvalue weighted by molar-refractivity contribution is 5.98. The van der Waals surface area contributed by atoms with Gasteiger partial charge in [-0.3, -0.25) is 0 Å². The predicted octanol–water partition coefficient (Wildman–Crippen LogP) is 0.808. The highest BCUT2D eigenvalue weighted by Gasteiger charge is 2.23. The highest BCUT2D eigenvalue weighted by Crippen LogP contribution is 2.15. The maximum absolute atomic E-state index is 11.7. The fourth-order valence-corrected chi connectivity index (χ4v) is 1.70. The van der Waals surface area contributed by atoms with Crippen LogP contribution in [0.5, 0.6) is 0 Å². The van der Waals surface area contributed by atoms with E-state index in [0.29, 0.717) is 23.6 Å². The molecule has 0 unspecified atom stereocenters. The molecule has 0 saturated heterocycles. The predicted molar refractivity (Wildman–Crippen MR) is 61.5 cm³/mol. The number of rotatable bonds is 1. The second kappa shape index (κ2) is 4.70. The van der Waals surface area contributed by atoms with Gasteiger partial charge in [0.2, 0.25) is 10.5 Å². The van der Waals surface area contributed by atoms with Crippen LogP contribution in [0, 0.1) is 0 Å². The molecule has 86 valence electrons. The Balaban J connectivity index is 2.47. The molecule has 0 spiro atoms. The molecule has 0 aromatic carbocycles. The lowest BCUT2D eigenvalue weighted by molar-refractivity contribution is 0.0259. The third-order valence-electron chi connectivity index (χ3n) is 2.08. The van der Waals surface area contributed by atoms with Crippen LogP contribution in [0.4, 0.5) is 4.79 Å². The van der Waals surface area contributed by atoms with Crippen LogP contribution in [-0.2, 0) is 9.16 Å². The van der Waals surface area contributed by atoms with Crippen LogP contribution < -0.4 is 0 Å². The molecule has 1 rings (SSSR count). The summed E-state index contributed by atoms with van der Waals surface area (Å²) in [6, 6.07) is 0. The number of hydrogen-bond donors (Lipinski definition) is 0. The van der Waals surface area contributed by atoms with Gasteiger partial charge in [0.15, 0.2) is 0 Å². The summed E-state index contributed by atoms with van der Waals surface area (Å²) in [5.41, 5.74) is -0.421. The highest BCUT2D eigenvalue weighted by atomic mass is 28.2. The minimum Gasteiger partial charge on any atom is -0.556 e. The summed E-state index contributed by atoms with van der Waals surface area (Å²) in [6.07, 6.45) is 2.49. The second-order valence-corrected chi connectivity index (χ2v) is 4.96. The van der Waals surface area contributed by atoms with Crippen LogP contribution in [0.3, 0.4) is 0 Å². The molecule has 5 heteroatoms. The molecular weight excluding hydrogens is 210 g/mol. The molecule has 0 radical (unpaired) electrons. The summed E-state index contributed by atoms with van der Waals surface area (Å²) >= 11 is 0. The molecular formula is C10H19NO3Si. The average molecular weight is 229 g/mol. The molecule has 0 aromatic heterocycles. The molecule has 0 N–H and O–H groups in total. The standard InChI is InChI=1S/C10H19NO3Si/c1-10(2,3)13-9(12)11-6-4-8(14-15)5-7-11/h4H,5-7H2,1-3,15H3. The summed E-state index contributed by atoms with van der Waals surface area (Å²) in [6.45, 7) is 6.89. The lowest BCUT2D eigenvalue weighted by atomic mass is 10.2. The van der Waals surface area contributed by atoms with Crippen LogP contribution in [0.2, 0.25) is 0 Å². The van der Waals surface area contributed by atoms with E-state index in [0.717, 1.165) is 12.2 Å². The van der Waals surface area contributed by atoms with E-state index in [1.54, 1.807) is 4.90 Å². The summed E-state index contributed by atoms with van der Waals surface area (Å²) in [5, 5.41) is 0. The van der Waals surface area contributed by atoms with Gasteiger partial charge in [-0.05, 0) is 26.8 Å². The first-order valence-electron chi connectivity index (χ1n) is 5.13. The van der Waals surface area contributed by atoms with Crippen molar-refractivity contribution in [3.8, 4) is 0 Å². The Morgan fingerprint density at radius 1 is 1.53 bits per heavy atom. The van der Waals surface area contributed by atoms with Gasteiger partial charge >= 0.3 is 6.09 Å². The van der Waals surface area contributed by atoms with Crippen molar-refractivity contribution in [1.29, 1.82) is 0 Å². The number of hydrogen-bond acceptors (Lipinski definition) is 3. The first kappa shape index (κ1) is 12.1. The van der Waals surface area contributed by atoms with Gasteiger partial charge in [-0.2, -0.15) is 0 Å². The Bertz CT molecular complexity index is 270. The van der Waals surface area contributed by atoms with Crippen molar-refractivity contribution in [1.82, 2.24) is 4.90 Å². The number of nitrogens with zero attached hydrogens (tertiary/aromatic N) is 1. The molecule has 1 aliphatic rings. The Morgan fingerprint density at radius 2 is 2.20 bits per heavy atom. The van der Waals surface area contributed by atoms with Gasteiger partial charge in [0.25, 0.3) is 0 Å². The minimum absolute atomic E-state index is 0.244. The Hall–Kier alpha value is -0.973. The SMILES string of the molecule is CC(C)(C)OC(=O)N1CC=C(O[SiH3])CC1. The number of amides is 1. The van der Waals surface area contributed by atoms with E-state index >= 15 is 0 Å². The number of ether oxygens (including phenoxy) is 1. The molecule has 0 aromatic rings. The van der Waals surface area contributed by atoms with Crippen molar-refractivity contribution in [2.24, 2.45) is 0 Å². The Morgan fingerprint density at radius 3 is 2.60 bits per heavy atom. The van der Waals surface area contributed by atoms with Crippen LogP contribution in [0.15, 0.2) is 11.8 Å². The zero-order valence-corrected chi connectivity index (χ0v) is 11.9. The maximum atomic E-state index is 11.7. The average Bonchev–Trinajstić information content (AvgIpc) is 2.15. The molecule has 1 amide bonds. The maximum Gasteiger partial charge on any atom is 0.410 e. The fraction of sp³-hybridized carbons (Fsp3) is 0.700. The largest absolute Gasteiger partial charge is 0.556 e. The van der Waals surface area contributed by atoms with Crippen molar-refractivity contribution >= 4 is 16.6 Å². The monoisotopic (exact) mass is 229 g/mol. The molecule has 0 aliphatic carbocycles. The molecule has 15 heavy (non-hydrogen) atoms.